The van der Waals surface area contributed by atoms with Crippen molar-refractivity contribution in [1.29, 1.82) is 0 Å². The van der Waals surface area contributed by atoms with Gasteiger partial charge in [0, 0.05) is 19.3 Å². The zero-order chi connectivity index (χ0) is 14.5. The summed E-state index contributed by atoms with van der Waals surface area (Å²) in [7, 11) is 0. The summed E-state index contributed by atoms with van der Waals surface area (Å²) in [5, 5.41) is 14.6. The van der Waals surface area contributed by atoms with Crippen LogP contribution in [-0.2, 0) is 17.9 Å². The normalized spacial score (nSPS) is 10.7. The standard InChI is InChI=1S/C12H19N7O/c1-9-12(13)10(2)19(16-9)8-11(20)14-4-3-6-18-7-5-15-17-18/h5,7H,3-4,6,8,13H2,1-2H3,(H,14,20). The van der Waals surface area contributed by atoms with Crippen molar-refractivity contribution < 1.29 is 4.79 Å². The molecule has 0 saturated heterocycles. The van der Waals surface area contributed by atoms with Crippen molar-refractivity contribution in [2.75, 3.05) is 12.3 Å². The minimum Gasteiger partial charge on any atom is -0.396 e. The number of aromatic nitrogens is 5. The van der Waals surface area contributed by atoms with Gasteiger partial charge in [-0.1, -0.05) is 5.21 Å². The van der Waals surface area contributed by atoms with Crippen LogP contribution in [0, 0.1) is 13.8 Å². The topological polar surface area (TPSA) is 104 Å². The van der Waals surface area contributed by atoms with Crippen molar-refractivity contribution in [3.63, 3.8) is 0 Å². The Kier molecular flexibility index (Phi) is 4.34. The summed E-state index contributed by atoms with van der Waals surface area (Å²) in [6, 6.07) is 0. The van der Waals surface area contributed by atoms with E-state index in [1.165, 1.54) is 0 Å². The molecule has 20 heavy (non-hydrogen) atoms. The molecule has 0 aliphatic rings. The Morgan fingerprint density at radius 3 is 2.85 bits per heavy atom. The Hall–Kier alpha value is -2.38. The molecule has 0 saturated carbocycles. The summed E-state index contributed by atoms with van der Waals surface area (Å²) < 4.78 is 3.35. The Morgan fingerprint density at radius 1 is 1.45 bits per heavy atom. The van der Waals surface area contributed by atoms with Crippen molar-refractivity contribution in [3.05, 3.63) is 23.8 Å². The summed E-state index contributed by atoms with van der Waals surface area (Å²) >= 11 is 0. The third kappa shape index (κ3) is 3.34. The molecule has 1 amide bonds. The minimum absolute atomic E-state index is 0.0748. The summed E-state index contributed by atoms with van der Waals surface area (Å²) in [4.78, 5) is 11.8. The van der Waals surface area contributed by atoms with Crippen LogP contribution in [0.1, 0.15) is 17.8 Å². The van der Waals surface area contributed by atoms with Gasteiger partial charge in [-0.25, -0.2) is 0 Å². The van der Waals surface area contributed by atoms with E-state index in [0.29, 0.717) is 12.2 Å². The molecule has 2 heterocycles. The number of nitrogens with one attached hydrogen (secondary N) is 1. The van der Waals surface area contributed by atoms with Crippen molar-refractivity contribution in [2.24, 2.45) is 0 Å². The summed E-state index contributed by atoms with van der Waals surface area (Å²) in [5.74, 6) is -0.0748. The fourth-order valence-electron chi connectivity index (χ4n) is 1.88. The first-order valence-corrected chi connectivity index (χ1v) is 6.48. The fourth-order valence-corrected chi connectivity index (χ4v) is 1.88. The van der Waals surface area contributed by atoms with E-state index >= 15 is 0 Å². The maximum Gasteiger partial charge on any atom is 0.241 e. The highest BCUT2D eigenvalue weighted by Gasteiger charge is 2.10. The van der Waals surface area contributed by atoms with Gasteiger partial charge in [0.25, 0.3) is 0 Å². The van der Waals surface area contributed by atoms with E-state index in [1.54, 1.807) is 21.8 Å². The maximum absolute atomic E-state index is 11.8. The number of amides is 1. The van der Waals surface area contributed by atoms with Crippen LogP contribution in [0.3, 0.4) is 0 Å². The number of carbonyl (C=O) groups excluding carboxylic acids is 1. The van der Waals surface area contributed by atoms with Crippen LogP contribution in [0.25, 0.3) is 0 Å². The van der Waals surface area contributed by atoms with Gasteiger partial charge in [-0.15, -0.1) is 5.10 Å². The van der Waals surface area contributed by atoms with Gasteiger partial charge in [-0.3, -0.25) is 14.2 Å². The molecule has 0 aromatic carbocycles. The van der Waals surface area contributed by atoms with Crippen LogP contribution < -0.4 is 11.1 Å². The lowest BCUT2D eigenvalue weighted by molar-refractivity contribution is -0.121. The summed E-state index contributed by atoms with van der Waals surface area (Å²) in [6.45, 7) is 5.19. The molecular formula is C12H19N7O. The van der Waals surface area contributed by atoms with E-state index in [-0.39, 0.29) is 12.5 Å². The van der Waals surface area contributed by atoms with Gasteiger partial charge in [0.2, 0.25) is 5.91 Å². The molecule has 8 heteroatoms. The smallest absolute Gasteiger partial charge is 0.241 e. The van der Waals surface area contributed by atoms with Crippen molar-refractivity contribution in [2.45, 2.75) is 33.4 Å². The quantitative estimate of drug-likeness (QED) is 0.716. The largest absolute Gasteiger partial charge is 0.396 e. The molecule has 2 aromatic heterocycles. The minimum atomic E-state index is -0.0748. The van der Waals surface area contributed by atoms with Gasteiger partial charge in [0.15, 0.2) is 0 Å². The van der Waals surface area contributed by atoms with Crippen LogP contribution in [0.4, 0.5) is 5.69 Å². The molecule has 8 nitrogen and oxygen atoms in total. The lowest BCUT2D eigenvalue weighted by atomic mass is 10.3. The predicted molar refractivity (Wildman–Crippen MR) is 73.8 cm³/mol. The first-order chi connectivity index (χ1) is 9.58. The molecule has 108 valence electrons. The second-order valence-electron chi connectivity index (χ2n) is 4.61. The molecule has 2 rings (SSSR count). The van der Waals surface area contributed by atoms with Crippen LogP contribution >= 0.6 is 0 Å². The van der Waals surface area contributed by atoms with Gasteiger partial charge < -0.3 is 11.1 Å². The number of anilines is 1. The highest BCUT2D eigenvalue weighted by molar-refractivity contribution is 5.75. The second kappa shape index (κ2) is 6.18. The van der Waals surface area contributed by atoms with Gasteiger partial charge in [0.1, 0.15) is 6.54 Å². The Morgan fingerprint density at radius 2 is 2.25 bits per heavy atom. The van der Waals surface area contributed by atoms with E-state index in [4.69, 9.17) is 5.73 Å². The molecule has 0 unspecified atom stereocenters. The summed E-state index contributed by atoms with van der Waals surface area (Å²) in [6.07, 6.45) is 4.22. The zero-order valence-electron chi connectivity index (χ0n) is 11.7. The molecule has 2 aromatic rings. The Labute approximate surface area is 116 Å². The summed E-state index contributed by atoms with van der Waals surface area (Å²) in [5.41, 5.74) is 8.04. The van der Waals surface area contributed by atoms with Crippen molar-refractivity contribution in [3.8, 4) is 0 Å². The van der Waals surface area contributed by atoms with Gasteiger partial charge in [-0.05, 0) is 20.3 Å². The number of rotatable bonds is 6. The molecular weight excluding hydrogens is 258 g/mol. The number of nitrogens with two attached hydrogens (primary N) is 1. The van der Waals surface area contributed by atoms with Gasteiger partial charge in [-0.2, -0.15) is 5.10 Å². The van der Waals surface area contributed by atoms with Crippen LogP contribution in [0.2, 0.25) is 0 Å². The van der Waals surface area contributed by atoms with Crippen molar-refractivity contribution >= 4 is 11.6 Å². The first kappa shape index (κ1) is 14.0. The molecule has 0 spiro atoms. The van der Waals surface area contributed by atoms with Crippen LogP contribution in [-0.4, -0.2) is 37.2 Å². The van der Waals surface area contributed by atoms with Crippen LogP contribution in [0.5, 0.6) is 0 Å². The third-order valence-electron chi connectivity index (χ3n) is 3.09. The van der Waals surface area contributed by atoms with E-state index in [2.05, 4.69) is 20.7 Å². The molecule has 0 aliphatic heterocycles. The van der Waals surface area contributed by atoms with E-state index in [9.17, 15) is 4.79 Å². The fraction of sp³-hybridized carbons (Fsp3) is 0.500. The first-order valence-electron chi connectivity index (χ1n) is 6.48. The van der Waals surface area contributed by atoms with Gasteiger partial charge >= 0.3 is 0 Å². The SMILES string of the molecule is Cc1nn(CC(=O)NCCCn2ccnn2)c(C)c1N. The monoisotopic (exact) mass is 277 g/mol. The van der Waals surface area contributed by atoms with Gasteiger partial charge in [0.05, 0.1) is 23.3 Å². The highest BCUT2D eigenvalue weighted by atomic mass is 16.2. The average molecular weight is 277 g/mol. The molecule has 0 radical (unpaired) electrons. The Bertz CT molecular complexity index is 573. The van der Waals surface area contributed by atoms with E-state index in [0.717, 1.165) is 24.4 Å². The second-order valence-corrected chi connectivity index (χ2v) is 4.61. The number of hydrogen-bond donors (Lipinski definition) is 2. The van der Waals surface area contributed by atoms with E-state index < -0.39 is 0 Å². The predicted octanol–water partition coefficient (Wildman–Crippen LogP) is -0.120. The van der Waals surface area contributed by atoms with Crippen molar-refractivity contribution in [1.82, 2.24) is 30.1 Å². The lowest BCUT2D eigenvalue weighted by Gasteiger charge is -2.06. The number of nitrogen functional groups attached to an aromatic ring is 1. The molecule has 0 atom stereocenters. The average Bonchev–Trinajstić information content (AvgIpc) is 3.01. The molecule has 0 bridgehead atoms. The van der Waals surface area contributed by atoms with Crippen LogP contribution in [0.15, 0.2) is 12.4 Å². The third-order valence-corrected chi connectivity index (χ3v) is 3.09. The molecule has 0 fully saturated rings. The highest BCUT2D eigenvalue weighted by Crippen LogP contribution is 2.14. The number of aryl methyl sites for hydroxylation is 2. The molecule has 0 aliphatic carbocycles. The Balaban J connectivity index is 1.74. The maximum atomic E-state index is 11.8. The number of hydrogen-bond acceptors (Lipinski definition) is 5. The number of carbonyl (C=O) groups is 1. The lowest BCUT2D eigenvalue weighted by Crippen LogP contribution is -2.29. The molecule has 3 N–H and O–H groups in total. The van der Waals surface area contributed by atoms with E-state index in [1.807, 2.05) is 13.8 Å². The zero-order valence-corrected chi connectivity index (χ0v) is 11.7. The number of nitrogens with zero attached hydrogens (tertiary/aromatic N) is 5.